The smallest absolute Gasteiger partial charge is 0.393 e. The fourth-order valence-corrected chi connectivity index (χ4v) is 1.68. The summed E-state index contributed by atoms with van der Waals surface area (Å²) in [7, 11) is 0. The van der Waals surface area contributed by atoms with Crippen LogP contribution in [0.1, 0.15) is 30.1 Å². The third-order valence-electron chi connectivity index (χ3n) is 2.49. The number of halogens is 3. The zero-order chi connectivity index (χ0) is 11.1. The van der Waals surface area contributed by atoms with E-state index >= 15 is 0 Å². The maximum atomic E-state index is 12.5. The molecular formula is C9H9F3N2O. The summed E-state index contributed by atoms with van der Waals surface area (Å²) in [6.07, 6.45) is -2.03. The highest BCUT2D eigenvalue weighted by Gasteiger charge is 2.41. The lowest BCUT2D eigenvalue weighted by molar-refractivity contribution is -0.142. The van der Waals surface area contributed by atoms with E-state index in [-0.39, 0.29) is 11.6 Å². The second-order valence-electron chi connectivity index (χ2n) is 3.61. The first kappa shape index (κ1) is 10.4. The second-order valence-corrected chi connectivity index (χ2v) is 3.61. The van der Waals surface area contributed by atoms with Crippen molar-refractivity contribution in [1.82, 2.24) is 9.97 Å². The van der Waals surface area contributed by atoms with Crippen LogP contribution in [-0.2, 0) is 6.18 Å². The lowest BCUT2D eigenvalue weighted by atomic mass is 9.79. The van der Waals surface area contributed by atoms with Gasteiger partial charge in [0, 0.05) is 18.3 Å². The summed E-state index contributed by atoms with van der Waals surface area (Å²) in [5.74, 6) is -0.315. The molecule has 0 amide bonds. The van der Waals surface area contributed by atoms with Gasteiger partial charge in [-0.25, -0.2) is 4.98 Å². The Morgan fingerprint density at radius 1 is 1.20 bits per heavy atom. The van der Waals surface area contributed by atoms with Gasteiger partial charge in [-0.1, -0.05) is 0 Å². The van der Waals surface area contributed by atoms with Crippen LogP contribution in [0.4, 0.5) is 13.2 Å². The Hall–Kier alpha value is -1.17. The van der Waals surface area contributed by atoms with Crippen molar-refractivity contribution in [3.05, 3.63) is 23.8 Å². The molecule has 0 spiro atoms. The van der Waals surface area contributed by atoms with E-state index in [1.54, 1.807) is 0 Å². The highest BCUT2D eigenvalue weighted by molar-refractivity contribution is 5.21. The molecule has 2 rings (SSSR count). The zero-order valence-electron chi connectivity index (χ0n) is 7.70. The molecule has 0 aliphatic heterocycles. The van der Waals surface area contributed by atoms with Crippen LogP contribution in [0.3, 0.4) is 0 Å². The largest absolute Gasteiger partial charge is 0.435 e. The fourth-order valence-electron chi connectivity index (χ4n) is 1.68. The topological polar surface area (TPSA) is 46.0 Å². The number of aliphatic hydroxyl groups is 1. The first-order valence-electron chi connectivity index (χ1n) is 4.54. The molecule has 0 saturated heterocycles. The molecule has 1 aliphatic carbocycles. The number of aliphatic hydroxyl groups excluding tert-OH is 1. The highest BCUT2D eigenvalue weighted by Crippen LogP contribution is 2.40. The van der Waals surface area contributed by atoms with Crippen LogP contribution in [0.15, 0.2) is 12.4 Å². The van der Waals surface area contributed by atoms with Crippen LogP contribution in [0, 0.1) is 0 Å². The predicted molar refractivity (Wildman–Crippen MR) is 45.0 cm³/mol. The Morgan fingerprint density at radius 2 is 1.80 bits per heavy atom. The monoisotopic (exact) mass is 218 g/mol. The molecule has 0 aromatic carbocycles. The molecule has 1 saturated carbocycles. The molecular weight excluding hydrogens is 209 g/mol. The first-order valence-corrected chi connectivity index (χ1v) is 4.54. The third-order valence-corrected chi connectivity index (χ3v) is 2.49. The minimum absolute atomic E-state index is 0.0460. The third kappa shape index (κ3) is 1.94. The van der Waals surface area contributed by atoms with E-state index < -0.39 is 18.0 Å². The van der Waals surface area contributed by atoms with E-state index in [0.29, 0.717) is 12.8 Å². The van der Waals surface area contributed by atoms with E-state index in [1.165, 1.54) is 6.20 Å². The van der Waals surface area contributed by atoms with Gasteiger partial charge < -0.3 is 5.11 Å². The average Bonchev–Trinajstić information content (AvgIpc) is 2.12. The lowest BCUT2D eigenvalue weighted by Gasteiger charge is -2.31. The normalized spacial score (nSPS) is 26.1. The van der Waals surface area contributed by atoms with Crippen LogP contribution in [0.25, 0.3) is 0 Å². The molecule has 15 heavy (non-hydrogen) atoms. The molecule has 82 valence electrons. The molecule has 0 unspecified atom stereocenters. The van der Waals surface area contributed by atoms with E-state index in [9.17, 15) is 13.2 Å². The quantitative estimate of drug-likeness (QED) is 0.780. The number of nitrogens with zero attached hydrogens (tertiary/aromatic N) is 2. The summed E-state index contributed by atoms with van der Waals surface area (Å²) in [5.41, 5.74) is -0.975. The number of hydrogen-bond donors (Lipinski definition) is 1. The number of hydrogen-bond acceptors (Lipinski definition) is 3. The fraction of sp³-hybridized carbons (Fsp3) is 0.556. The van der Waals surface area contributed by atoms with Gasteiger partial charge in [0.05, 0.1) is 11.8 Å². The molecule has 1 heterocycles. The van der Waals surface area contributed by atoms with Crippen molar-refractivity contribution in [3.8, 4) is 0 Å². The SMILES string of the molecule is O[C@H]1C[C@H](c2nccnc2C(F)(F)F)C1. The van der Waals surface area contributed by atoms with Gasteiger partial charge in [-0.2, -0.15) is 13.2 Å². The molecule has 0 atom stereocenters. The van der Waals surface area contributed by atoms with Gasteiger partial charge in [0.2, 0.25) is 0 Å². The van der Waals surface area contributed by atoms with Gasteiger partial charge in [0.1, 0.15) is 0 Å². The van der Waals surface area contributed by atoms with Gasteiger partial charge in [-0.3, -0.25) is 4.98 Å². The van der Waals surface area contributed by atoms with Crippen molar-refractivity contribution < 1.29 is 18.3 Å². The molecule has 0 radical (unpaired) electrons. The Morgan fingerprint density at radius 3 is 2.33 bits per heavy atom. The van der Waals surface area contributed by atoms with Crippen LogP contribution < -0.4 is 0 Å². The molecule has 1 aromatic heterocycles. The lowest BCUT2D eigenvalue weighted by Crippen LogP contribution is -2.29. The second kappa shape index (κ2) is 3.44. The molecule has 1 aliphatic rings. The number of rotatable bonds is 1. The summed E-state index contributed by atoms with van der Waals surface area (Å²) < 4.78 is 37.5. The van der Waals surface area contributed by atoms with Crippen molar-refractivity contribution in [3.63, 3.8) is 0 Å². The maximum absolute atomic E-state index is 12.5. The Labute approximate surface area is 84.0 Å². The number of alkyl halides is 3. The average molecular weight is 218 g/mol. The highest BCUT2D eigenvalue weighted by atomic mass is 19.4. The standard InChI is InChI=1S/C9H9F3N2O/c10-9(11,12)8-7(13-1-2-14-8)5-3-6(15)4-5/h1-2,5-6,15H,3-4H2/t5-,6-. The van der Waals surface area contributed by atoms with Crippen molar-refractivity contribution in [2.45, 2.75) is 31.0 Å². The van der Waals surface area contributed by atoms with E-state index in [2.05, 4.69) is 9.97 Å². The van der Waals surface area contributed by atoms with Gasteiger partial charge >= 0.3 is 6.18 Å². The Bertz CT molecular complexity index is 361. The zero-order valence-corrected chi connectivity index (χ0v) is 7.70. The molecule has 3 nitrogen and oxygen atoms in total. The minimum Gasteiger partial charge on any atom is -0.393 e. The van der Waals surface area contributed by atoms with Crippen LogP contribution in [0.5, 0.6) is 0 Å². The minimum atomic E-state index is -4.47. The van der Waals surface area contributed by atoms with Crippen LogP contribution in [-0.4, -0.2) is 21.2 Å². The summed E-state index contributed by atoms with van der Waals surface area (Å²) in [6.45, 7) is 0. The van der Waals surface area contributed by atoms with E-state index in [4.69, 9.17) is 5.11 Å². The van der Waals surface area contributed by atoms with Crippen molar-refractivity contribution in [2.75, 3.05) is 0 Å². The predicted octanol–water partition coefficient (Wildman–Crippen LogP) is 1.73. The van der Waals surface area contributed by atoms with Crippen LogP contribution in [0.2, 0.25) is 0 Å². The number of aromatic nitrogens is 2. The van der Waals surface area contributed by atoms with Gasteiger partial charge in [-0.05, 0) is 12.8 Å². The van der Waals surface area contributed by atoms with Crippen LogP contribution >= 0.6 is 0 Å². The Kier molecular flexibility index (Phi) is 2.38. The van der Waals surface area contributed by atoms with Gasteiger partial charge in [-0.15, -0.1) is 0 Å². The molecule has 1 N–H and O–H groups in total. The molecule has 1 aromatic rings. The van der Waals surface area contributed by atoms with Gasteiger partial charge in [0.15, 0.2) is 5.69 Å². The first-order chi connectivity index (χ1) is 6.98. The maximum Gasteiger partial charge on any atom is 0.435 e. The van der Waals surface area contributed by atoms with E-state index in [0.717, 1.165) is 6.20 Å². The van der Waals surface area contributed by atoms with E-state index in [1.807, 2.05) is 0 Å². The summed E-state index contributed by atoms with van der Waals surface area (Å²) in [4.78, 5) is 7.02. The van der Waals surface area contributed by atoms with Crippen molar-refractivity contribution >= 4 is 0 Å². The summed E-state index contributed by atoms with van der Waals surface area (Å²) in [6, 6.07) is 0. The Balaban J connectivity index is 2.31. The van der Waals surface area contributed by atoms with Crippen molar-refractivity contribution in [1.29, 1.82) is 0 Å². The summed E-state index contributed by atoms with van der Waals surface area (Å²) >= 11 is 0. The summed E-state index contributed by atoms with van der Waals surface area (Å²) in [5, 5.41) is 9.04. The van der Waals surface area contributed by atoms with Crippen molar-refractivity contribution in [2.24, 2.45) is 0 Å². The molecule has 1 fully saturated rings. The molecule has 6 heteroatoms. The molecule has 0 bridgehead atoms. The van der Waals surface area contributed by atoms with Gasteiger partial charge in [0.25, 0.3) is 0 Å².